The zero-order valence-corrected chi connectivity index (χ0v) is 17.7. The van der Waals surface area contributed by atoms with Gasteiger partial charge in [-0.15, -0.1) is 0 Å². The van der Waals surface area contributed by atoms with E-state index in [-0.39, 0.29) is 0 Å². The van der Waals surface area contributed by atoms with Gasteiger partial charge in [0.25, 0.3) is 0 Å². The van der Waals surface area contributed by atoms with Crippen molar-refractivity contribution < 1.29 is 23.7 Å². The van der Waals surface area contributed by atoms with Crippen LogP contribution in [-0.4, -0.2) is 31.2 Å². The minimum Gasteiger partial charge on any atom is -0.492 e. The van der Waals surface area contributed by atoms with Crippen LogP contribution in [0.3, 0.4) is 0 Å². The minimum absolute atomic E-state index is 0.297. The van der Waals surface area contributed by atoms with Crippen molar-refractivity contribution in [3.63, 3.8) is 0 Å². The quantitative estimate of drug-likeness (QED) is 0.436. The summed E-state index contributed by atoms with van der Waals surface area (Å²) < 4.78 is 24.3. The summed E-state index contributed by atoms with van der Waals surface area (Å²) in [6.45, 7) is 1.12. The number of aldehydes is 1. The van der Waals surface area contributed by atoms with Crippen LogP contribution < -0.4 is 4.74 Å². The van der Waals surface area contributed by atoms with Crippen molar-refractivity contribution >= 4 is 6.29 Å². The summed E-state index contributed by atoms with van der Waals surface area (Å²) in [5.74, 6) is 0.657. The van der Waals surface area contributed by atoms with Crippen LogP contribution in [0.1, 0.15) is 11.1 Å². The molecule has 3 aromatic rings. The fourth-order valence-electron chi connectivity index (χ4n) is 3.53. The second-order valence-electron chi connectivity index (χ2n) is 7.52. The first-order chi connectivity index (χ1) is 15.8. The van der Waals surface area contributed by atoms with Crippen LogP contribution in [-0.2, 0) is 32.2 Å². The normalized spacial score (nSPS) is 20.1. The number of hydrogen-bond donors (Lipinski definition) is 0. The van der Waals surface area contributed by atoms with Gasteiger partial charge in [0.2, 0.25) is 0 Å². The van der Waals surface area contributed by atoms with Crippen LogP contribution in [0.4, 0.5) is 0 Å². The number of rotatable bonds is 10. The highest BCUT2D eigenvalue weighted by Gasteiger charge is 2.39. The second kappa shape index (κ2) is 11.3. The fourth-order valence-corrected chi connectivity index (χ4v) is 3.53. The Labute approximate surface area is 188 Å². The van der Waals surface area contributed by atoms with Crippen molar-refractivity contribution in [3.8, 4) is 5.75 Å². The third kappa shape index (κ3) is 5.84. The zero-order chi connectivity index (χ0) is 22.0. The maximum Gasteiger partial charge on any atom is 0.160 e. The molecular formula is C27H26O5. The average Bonchev–Trinajstić information content (AvgIpc) is 2.85. The van der Waals surface area contributed by atoms with Gasteiger partial charge in [-0.25, -0.2) is 0 Å². The zero-order valence-electron chi connectivity index (χ0n) is 17.7. The first-order valence-corrected chi connectivity index (χ1v) is 10.6. The van der Waals surface area contributed by atoms with Crippen molar-refractivity contribution in [2.24, 2.45) is 0 Å². The monoisotopic (exact) mass is 430 g/mol. The van der Waals surface area contributed by atoms with Gasteiger partial charge in [-0.1, -0.05) is 78.9 Å². The van der Waals surface area contributed by atoms with E-state index in [2.05, 4.69) is 0 Å². The number of para-hydroxylation sites is 1. The van der Waals surface area contributed by atoms with Gasteiger partial charge in [-0.3, -0.25) is 4.79 Å². The van der Waals surface area contributed by atoms with Gasteiger partial charge in [-0.2, -0.15) is 0 Å². The number of carbonyl (C=O) groups is 1. The Bertz CT molecular complexity index is 988. The largest absolute Gasteiger partial charge is 0.492 e. The summed E-state index contributed by atoms with van der Waals surface area (Å²) in [7, 11) is 0. The molecule has 0 amide bonds. The van der Waals surface area contributed by atoms with Gasteiger partial charge in [0.05, 0.1) is 31.7 Å². The van der Waals surface area contributed by atoms with Crippen molar-refractivity contribution in [1.82, 2.24) is 0 Å². The highest BCUT2D eigenvalue weighted by Crippen LogP contribution is 2.27. The Morgan fingerprint density at radius 2 is 1.38 bits per heavy atom. The van der Waals surface area contributed by atoms with E-state index < -0.39 is 18.3 Å². The topological polar surface area (TPSA) is 54.0 Å². The second-order valence-corrected chi connectivity index (χ2v) is 7.52. The molecule has 0 aliphatic carbocycles. The maximum absolute atomic E-state index is 11.8. The van der Waals surface area contributed by atoms with Gasteiger partial charge >= 0.3 is 0 Å². The molecule has 0 saturated carbocycles. The van der Waals surface area contributed by atoms with Crippen molar-refractivity contribution in [3.05, 3.63) is 114 Å². The van der Waals surface area contributed by atoms with Crippen LogP contribution in [0.25, 0.3) is 0 Å². The van der Waals surface area contributed by atoms with Gasteiger partial charge < -0.3 is 18.9 Å². The van der Waals surface area contributed by atoms with E-state index in [1.807, 2.05) is 91.0 Å². The summed E-state index contributed by atoms with van der Waals surface area (Å²) in [5.41, 5.74) is 2.50. The molecule has 32 heavy (non-hydrogen) atoms. The lowest BCUT2D eigenvalue weighted by Gasteiger charge is -2.36. The third-order valence-corrected chi connectivity index (χ3v) is 5.19. The molecule has 0 bridgehead atoms. The van der Waals surface area contributed by atoms with Gasteiger partial charge in [0, 0.05) is 0 Å². The summed E-state index contributed by atoms with van der Waals surface area (Å²) in [6, 6.07) is 29.2. The predicted molar refractivity (Wildman–Crippen MR) is 121 cm³/mol. The Hall–Kier alpha value is -3.41. The van der Waals surface area contributed by atoms with Crippen LogP contribution in [0.15, 0.2) is 103 Å². The number of carbonyl (C=O) groups excluding carboxylic acids is 1. The smallest absolute Gasteiger partial charge is 0.160 e. The van der Waals surface area contributed by atoms with Crippen molar-refractivity contribution in [2.75, 3.05) is 6.61 Å². The molecule has 1 aliphatic heterocycles. The van der Waals surface area contributed by atoms with E-state index in [0.717, 1.165) is 17.4 Å². The minimum atomic E-state index is -0.613. The summed E-state index contributed by atoms with van der Waals surface area (Å²) in [6.07, 6.45) is 0.640. The summed E-state index contributed by atoms with van der Waals surface area (Å²) in [4.78, 5) is 11.8. The lowest BCUT2D eigenvalue weighted by atomic mass is 9.99. The molecule has 3 aromatic carbocycles. The van der Waals surface area contributed by atoms with Crippen LogP contribution in [0, 0.1) is 0 Å². The highest BCUT2D eigenvalue weighted by atomic mass is 16.6. The SMILES string of the molecule is O=CC1=CO[C@H](COCc2ccccc2)[C@H](OCc2ccccc2)[C@H]1Oc1ccccc1. The molecule has 0 aromatic heterocycles. The molecule has 3 atom stereocenters. The Morgan fingerprint density at radius 3 is 2.00 bits per heavy atom. The summed E-state index contributed by atoms with van der Waals surface area (Å²) in [5, 5.41) is 0. The molecule has 0 unspecified atom stereocenters. The average molecular weight is 431 g/mol. The van der Waals surface area contributed by atoms with Crippen LogP contribution in [0.5, 0.6) is 5.75 Å². The van der Waals surface area contributed by atoms with Gasteiger partial charge in [0.1, 0.15) is 11.9 Å². The highest BCUT2D eigenvalue weighted by molar-refractivity contribution is 5.75. The Balaban J connectivity index is 1.50. The molecule has 1 heterocycles. The first-order valence-electron chi connectivity index (χ1n) is 10.6. The lowest BCUT2D eigenvalue weighted by molar-refractivity contribution is -0.133. The molecule has 5 nitrogen and oxygen atoms in total. The predicted octanol–water partition coefficient (Wildman–Crippen LogP) is 4.72. The maximum atomic E-state index is 11.8. The van der Waals surface area contributed by atoms with Gasteiger partial charge in [-0.05, 0) is 23.3 Å². The van der Waals surface area contributed by atoms with Crippen molar-refractivity contribution in [1.29, 1.82) is 0 Å². The van der Waals surface area contributed by atoms with Crippen molar-refractivity contribution in [2.45, 2.75) is 31.5 Å². The molecule has 0 N–H and O–H groups in total. The Morgan fingerprint density at radius 1 is 0.781 bits per heavy atom. The van der Waals surface area contributed by atoms with Crippen LogP contribution >= 0.6 is 0 Å². The van der Waals surface area contributed by atoms with E-state index >= 15 is 0 Å². The molecule has 5 heteroatoms. The standard InChI is InChI=1S/C27H26O5/c28-16-23-19-30-25(20-29-17-21-10-4-1-5-11-21)27(31-18-22-12-6-2-7-13-22)26(23)32-24-14-8-3-9-15-24/h1-16,19,25-27H,17-18,20H2/t25-,26+,27+/m1/s1. The van der Waals surface area contributed by atoms with E-state index in [1.54, 1.807) is 0 Å². The molecule has 0 radical (unpaired) electrons. The number of benzene rings is 3. The molecule has 164 valence electrons. The lowest BCUT2D eigenvalue weighted by Crippen LogP contribution is -2.49. The molecule has 0 spiro atoms. The molecule has 0 saturated heterocycles. The summed E-state index contributed by atoms with van der Waals surface area (Å²) >= 11 is 0. The molecule has 4 rings (SSSR count). The van der Waals surface area contributed by atoms with Crippen LogP contribution in [0.2, 0.25) is 0 Å². The number of ether oxygens (including phenoxy) is 4. The first kappa shape index (κ1) is 21.8. The van der Waals surface area contributed by atoms with E-state index in [4.69, 9.17) is 18.9 Å². The molecule has 0 fully saturated rings. The fraction of sp³-hybridized carbons (Fsp3) is 0.222. The number of hydrogen-bond acceptors (Lipinski definition) is 5. The van der Waals surface area contributed by atoms with E-state index in [1.165, 1.54) is 6.26 Å². The molecule has 1 aliphatic rings. The third-order valence-electron chi connectivity index (χ3n) is 5.19. The van der Waals surface area contributed by atoms with E-state index in [0.29, 0.717) is 31.1 Å². The Kier molecular flexibility index (Phi) is 7.69. The van der Waals surface area contributed by atoms with Gasteiger partial charge in [0.15, 0.2) is 18.5 Å². The molecular weight excluding hydrogens is 404 g/mol. The van der Waals surface area contributed by atoms with E-state index in [9.17, 15) is 4.79 Å².